The molecule has 0 saturated carbocycles. The van der Waals surface area contributed by atoms with E-state index in [1.165, 1.54) is 19.2 Å². The first-order chi connectivity index (χ1) is 9.25. The summed E-state index contributed by atoms with van der Waals surface area (Å²) in [5.41, 5.74) is 1.04. The molecule has 4 N–H and O–H groups in total. The summed E-state index contributed by atoms with van der Waals surface area (Å²) in [6.07, 6.45) is 0. The van der Waals surface area contributed by atoms with Gasteiger partial charge in [0.25, 0.3) is 5.56 Å². The van der Waals surface area contributed by atoms with Crippen LogP contribution in [0.25, 0.3) is 11.1 Å². The Morgan fingerprint density at radius 3 is 2.35 bits per heavy atom. The first kappa shape index (κ1) is 14.0. The quantitative estimate of drug-likeness (QED) is 0.632. The number of aromatic nitrogens is 2. The van der Waals surface area contributed by atoms with Gasteiger partial charge in [0.05, 0.1) is 18.4 Å². The van der Waals surface area contributed by atoms with Crippen LogP contribution >= 0.6 is 0 Å². The van der Waals surface area contributed by atoms with E-state index in [1.54, 1.807) is 0 Å². The number of aromatic hydroxyl groups is 2. The van der Waals surface area contributed by atoms with Crippen molar-refractivity contribution >= 4 is 0 Å². The second kappa shape index (κ2) is 4.63. The fraction of sp³-hybridized carbons (Fsp3) is 0.357. The lowest BCUT2D eigenvalue weighted by atomic mass is 9.87. The minimum Gasteiger partial charge on any atom is -0.504 e. The first-order valence-electron chi connectivity index (χ1n) is 6.17. The number of hydrogen-bond acceptors (Lipinski definition) is 4. The Morgan fingerprint density at radius 2 is 1.80 bits per heavy atom. The highest BCUT2D eigenvalue weighted by Gasteiger charge is 2.24. The number of methoxy groups -OCH3 is 1. The minimum atomic E-state index is -0.347. The zero-order valence-corrected chi connectivity index (χ0v) is 11.9. The minimum absolute atomic E-state index is 0.112. The molecule has 108 valence electrons. The smallest absolute Gasteiger partial charge is 0.272 e. The van der Waals surface area contributed by atoms with Crippen molar-refractivity contribution in [2.45, 2.75) is 26.2 Å². The van der Waals surface area contributed by atoms with Gasteiger partial charge in [0.15, 0.2) is 11.5 Å². The molecule has 1 heterocycles. The Kier molecular flexibility index (Phi) is 3.25. The third kappa shape index (κ3) is 2.24. The van der Waals surface area contributed by atoms with Gasteiger partial charge in [-0.15, -0.1) is 0 Å². The summed E-state index contributed by atoms with van der Waals surface area (Å²) < 4.78 is 5.00. The number of phenolic OH excluding ortho intramolecular Hbond substituents is 2. The largest absolute Gasteiger partial charge is 0.504 e. The van der Waals surface area contributed by atoms with E-state index < -0.39 is 0 Å². The van der Waals surface area contributed by atoms with E-state index in [1.807, 2.05) is 20.8 Å². The molecule has 0 aliphatic carbocycles. The highest BCUT2D eigenvalue weighted by molar-refractivity contribution is 5.72. The van der Waals surface area contributed by atoms with Crippen molar-refractivity contribution in [3.05, 3.63) is 28.2 Å². The Hall–Kier alpha value is -2.37. The standard InChI is InChI=1S/C14H18N2O4/c1-14(2,3)12-10(13(19)16-15-12)7-5-8(17)11(18)9(6-7)20-4/h5-6,17-18H,1-4H3,(H2,15,16,19). The van der Waals surface area contributed by atoms with Crippen molar-refractivity contribution in [1.82, 2.24) is 10.2 Å². The number of ether oxygens (including phenoxy) is 1. The van der Waals surface area contributed by atoms with Crippen LogP contribution in [0.1, 0.15) is 26.5 Å². The van der Waals surface area contributed by atoms with Gasteiger partial charge in [-0.05, 0) is 17.7 Å². The second-order valence-corrected chi connectivity index (χ2v) is 5.63. The fourth-order valence-corrected chi connectivity index (χ4v) is 2.09. The average molecular weight is 278 g/mol. The Labute approximate surface area is 116 Å². The topological polar surface area (TPSA) is 98.3 Å². The van der Waals surface area contributed by atoms with Crippen molar-refractivity contribution in [3.8, 4) is 28.4 Å². The normalized spacial score (nSPS) is 11.6. The summed E-state index contributed by atoms with van der Waals surface area (Å²) in [7, 11) is 1.38. The number of hydrogen-bond donors (Lipinski definition) is 4. The summed E-state index contributed by atoms with van der Waals surface area (Å²) in [5.74, 6) is -0.569. The third-order valence-corrected chi connectivity index (χ3v) is 3.09. The fourth-order valence-electron chi connectivity index (χ4n) is 2.09. The molecule has 0 aliphatic rings. The van der Waals surface area contributed by atoms with Gasteiger partial charge in [-0.1, -0.05) is 20.8 Å². The number of rotatable bonds is 2. The van der Waals surface area contributed by atoms with Gasteiger partial charge in [-0.25, -0.2) is 0 Å². The summed E-state index contributed by atoms with van der Waals surface area (Å²) in [6.45, 7) is 5.90. The maximum absolute atomic E-state index is 12.0. The number of nitrogens with one attached hydrogen (secondary N) is 2. The molecular formula is C14H18N2O4. The van der Waals surface area contributed by atoms with Gasteiger partial charge in [-0.3, -0.25) is 9.89 Å². The van der Waals surface area contributed by atoms with Crippen LogP contribution in [0.2, 0.25) is 0 Å². The highest BCUT2D eigenvalue weighted by atomic mass is 16.5. The number of benzene rings is 1. The molecule has 1 aromatic carbocycles. The van der Waals surface area contributed by atoms with Crippen LogP contribution in [0.5, 0.6) is 17.2 Å². The summed E-state index contributed by atoms with van der Waals surface area (Å²) >= 11 is 0. The molecule has 1 aromatic heterocycles. The van der Waals surface area contributed by atoms with Crippen LogP contribution in [0.4, 0.5) is 0 Å². The Bertz CT molecular complexity index is 692. The molecule has 2 rings (SSSR count). The summed E-state index contributed by atoms with van der Waals surface area (Å²) in [5, 5.41) is 24.8. The zero-order chi connectivity index (χ0) is 15.1. The number of aromatic amines is 2. The van der Waals surface area contributed by atoms with E-state index in [9.17, 15) is 15.0 Å². The van der Waals surface area contributed by atoms with Gasteiger partial charge in [0.1, 0.15) is 0 Å². The van der Waals surface area contributed by atoms with Gasteiger partial charge < -0.3 is 20.0 Å². The van der Waals surface area contributed by atoms with Crippen molar-refractivity contribution < 1.29 is 14.9 Å². The van der Waals surface area contributed by atoms with Gasteiger partial charge in [0.2, 0.25) is 5.75 Å². The molecule has 0 radical (unpaired) electrons. The number of phenols is 2. The lowest BCUT2D eigenvalue weighted by Crippen LogP contribution is -2.14. The first-order valence-corrected chi connectivity index (χ1v) is 6.17. The maximum atomic E-state index is 12.0. The number of H-pyrrole nitrogens is 2. The predicted molar refractivity (Wildman–Crippen MR) is 75.4 cm³/mol. The van der Waals surface area contributed by atoms with E-state index in [0.717, 1.165) is 5.69 Å². The molecule has 0 atom stereocenters. The molecular weight excluding hydrogens is 260 g/mol. The van der Waals surface area contributed by atoms with Crippen molar-refractivity contribution in [2.75, 3.05) is 7.11 Å². The van der Waals surface area contributed by atoms with E-state index >= 15 is 0 Å². The molecule has 6 heteroatoms. The molecule has 0 bridgehead atoms. The SMILES string of the molecule is COc1cc(-c2c(C(C)(C)C)[nH][nH]c2=O)cc(O)c1O. The van der Waals surface area contributed by atoms with Crippen LogP contribution in [-0.2, 0) is 5.41 Å². The second-order valence-electron chi connectivity index (χ2n) is 5.63. The van der Waals surface area contributed by atoms with E-state index in [2.05, 4.69) is 10.2 Å². The van der Waals surface area contributed by atoms with Crippen molar-refractivity contribution in [1.29, 1.82) is 0 Å². The lowest BCUT2D eigenvalue weighted by molar-refractivity contribution is 0.351. The molecule has 2 aromatic rings. The monoisotopic (exact) mass is 278 g/mol. The van der Waals surface area contributed by atoms with Gasteiger partial charge in [-0.2, -0.15) is 0 Å². The molecule has 0 aliphatic heterocycles. The van der Waals surface area contributed by atoms with Gasteiger partial charge in [0, 0.05) is 5.41 Å². The lowest BCUT2D eigenvalue weighted by Gasteiger charge is -2.18. The molecule has 0 saturated heterocycles. The van der Waals surface area contributed by atoms with Crippen LogP contribution < -0.4 is 10.3 Å². The van der Waals surface area contributed by atoms with Crippen LogP contribution in [0.3, 0.4) is 0 Å². The Balaban J connectivity index is 2.73. The zero-order valence-electron chi connectivity index (χ0n) is 11.9. The Morgan fingerprint density at radius 1 is 1.15 bits per heavy atom. The molecule has 20 heavy (non-hydrogen) atoms. The molecule has 6 nitrogen and oxygen atoms in total. The maximum Gasteiger partial charge on any atom is 0.272 e. The van der Waals surface area contributed by atoms with Crippen LogP contribution in [0, 0.1) is 0 Å². The van der Waals surface area contributed by atoms with E-state index in [0.29, 0.717) is 11.1 Å². The van der Waals surface area contributed by atoms with Crippen LogP contribution in [0.15, 0.2) is 16.9 Å². The van der Waals surface area contributed by atoms with Crippen LogP contribution in [-0.4, -0.2) is 27.5 Å². The van der Waals surface area contributed by atoms with E-state index in [-0.39, 0.29) is 28.2 Å². The van der Waals surface area contributed by atoms with Crippen molar-refractivity contribution in [3.63, 3.8) is 0 Å². The van der Waals surface area contributed by atoms with Gasteiger partial charge >= 0.3 is 0 Å². The summed E-state index contributed by atoms with van der Waals surface area (Å²) in [6, 6.07) is 2.86. The molecule has 0 fully saturated rings. The van der Waals surface area contributed by atoms with Crippen molar-refractivity contribution in [2.24, 2.45) is 0 Å². The highest BCUT2D eigenvalue weighted by Crippen LogP contribution is 2.40. The molecule has 0 unspecified atom stereocenters. The predicted octanol–water partition coefficient (Wildman–Crippen LogP) is 2.09. The molecule has 0 spiro atoms. The summed E-state index contributed by atoms with van der Waals surface area (Å²) in [4.78, 5) is 12.0. The third-order valence-electron chi connectivity index (χ3n) is 3.09. The average Bonchev–Trinajstić information content (AvgIpc) is 2.74. The van der Waals surface area contributed by atoms with E-state index in [4.69, 9.17) is 4.74 Å². The molecule has 0 amide bonds.